The molecule has 0 aliphatic carbocycles. The first kappa shape index (κ1) is 19.6. The minimum atomic E-state index is -0.441. The van der Waals surface area contributed by atoms with Crippen molar-refractivity contribution in [3.8, 4) is 0 Å². The maximum absolute atomic E-state index is 12.3. The van der Waals surface area contributed by atoms with Crippen molar-refractivity contribution in [1.29, 1.82) is 0 Å². The lowest BCUT2D eigenvalue weighted by Gasteiger charge is -2.13. The molecule has 1 aliphatic rings. The van der Waals surface area contributed by atoms with Crippen molar-refractivity contribution in [2.24, 2.45) is 0 Å². The van der Waals surface area contributed by atoms with Crippen LogP contribution in [0, 0.1) is 0 Å². The number of aromatic nitrogens is 1. The van der Waals surface area contributed by atoms with Crippen molar-refractivity contribution in [1.82, 2.24) is 9.47 Å². The Hall–Kier alpha value is -3.68. The Morgan fingerprint density at radius 1 is 0.867 bits per heavy atom. The predicted octanol–water partition coefficient (Wildman–Crippen LogP) is 2.60. The zero-order chi connectivity index (χ0) is 21.1. The first-order valence-electron chi connectivity index (χ1n) is 9.75. The first-order valence-corrected chi connectivity index (χ1v) is 9.75. The van der Waals surface area contributed by atoms with Gasteiger partial charge < -0.3 is 9.15 Å². The summed E-state index contributed by atoms with van der Waals surface area (Å²) in [5, 5.41) is 0. The van der Waals surface area contributed by atoms with Crippen molar-refractivity contribution >= 4 is 28.9 Å². The summed E-state index contributed by atoms with van der Waals surface area (Å²) in [5.41, 5.74) is 2.02. The Balaban J connectivity index is 1.20. The predicted molar refractivity (Wildman–Crippen MR) is 107 cm³/mol. The van der Waals surface area contributed by atoms with Crippen molar-refractivity contribution < 1.29 is 23.5 Å². The highest BCUT2D eigenvalue weighted by molar-refractivity contribution is 6.21. The molecule has 0 N–H and O–H groups in total. The fraction of sp³-hybridized carbons (Fsp3) is 0.273. The van der Waals surface area contributed by atoms with E-state index in [4.69, 9.17) is 9.15 Å². The van der Waals surface area contributed by atoms with E-state index >= 15 is 0 Å². The molecule has 3 aromatic rings. The van der Waals surface area contributed by atoms with Crippen LogP contribution in [0.1, 0.15) is 40.0 Å². The van der Waals surface area contributed by atoms with E-state index in [2.05, 4.69) is 0 Å². The number of para-hydroxylation sites is 2. The molecule has 0 unspecified atom stereocenters. The van der Waals surface area contributed by atoms with Crippen LogP contribution >= 0.6 is 0 Å². The lowest BCUT2D eigenvalue weighted by atomic mass is 10.1. The summed E-state index contributed by atoms with van der Waals surface area (Å²) in [7, 11) is 0. The standard InChI is InChI=1S/C22H20N2O6/c25-19(11-5-12-24-20(26)15-7-1-2-8-16(15)21(24)27)29-14-6-13-23-17-9-3-4-10-18(17)30-22(23)28/h1-4,7-10H,5-6,11-14H2. The van der Waals surface area contributed by atoms with Gasteiger partial charge in [0.15, 0.2) is 5.58 Å². The van der Waals surface area contributed by atoms with Gasteiger partial charge in [-0.05, 0) is 37.1 Å². The summed E-state index contributed by atoms with van der Waals surface area (Å²) in [5.74, 6) is -1.51. The number of carbonyl (C=O) groups excluding carboxylic acids is 3. The SMILES string of the molecule is O=C(CCCN1C(=O)c2ccccc2C1=O)OCCCn1c(=O)oc2ccccc21. The monoisotopic (exact) mass is 408 g/mol. The topological polar surface area (TPSA) is 98.8 Å². The van der Waals surface area contributed by atoms with Gasteiger partial charge in [-0.3, -0.25) is 23.9 Å². The Labute approximate surface area is 171 Å². The molecule has 2 aromatic carbocycles. The molecule has 0 saturated carbocycles. The highest BCUT2D eigenvalue weighted by atomic mass is 16.5. The minimum absolute atomic E-state index is 0.0992. The van der Waals surface area contributed by atoms with Crippen molar-refractivity contribution in [3.05, 3.63) is 70.2 Å². The number of ether oxygens (including phenoxy) is 1. The van der Waals surface area contributed by atoms with Crippen molar-refractivity contribution in [2.75, 3.05) is 13.2 Å². The number of nitrogens with zero attached hydrogens (tertiary/aromatic N) is 2. The number of esters is 1. The number of hydrogen-bond acceptors (Lipinski definition) is 6. The third kappa shape index (κ3) is 3.76. The van der Waals surface area contributed by atoms with Crippen LogP contribution in [0.25, 0.3) is 11.1 Å². The van der Waals surface area contributed by atoms with E-state index in [-0.39, 0.29) is 31.4 Å². The number of imide groups is 1. The van der Waals surface area contributed by atoms with Crippen LogP contribution in [0.3, 0.4) is 0 Å². The molecule has 1 aliphatic heterocycles. The molecule has 154 valence electrons. The number of fused-ring (bicyclic) bond motifs is 2. The van der Waals surface area contributed by atoms with Crippen molar-refractivity contribution in [2.45, 2.75) is 25.8 Å². The summed E-state index contributed by atoms with van der Waals surface area (Å²) in [4.78, 5) is 49.6. The zero-order valence-electron chi connectivity index (χ0n) is 16.2. The first-order chi connectivity index (χ1) is 14.6. The van der Waals surface area contributed by atoms with Crippen LogP contribution in [-0.2, 0) is 16.1 Å². The molecule has 8 heteroatoms. The molecule has 0 radical (unpaired) electrons. The van der Waals surface area contributed by atoms with E-state index in [1.165, 1.54) is 4.57 Å². The van der Waals surface area contributed by atoms with Gasteiger partial charge in [0.2, 0.25) is 0 Å². The van der Waals surface area contributed by atoms with E-state index < -0.39 is 11.7 Å². The fourth-order valence-corrected chi connectivity index (χ4v) is 3.53. The molecule has 0 bridgehead atoms. The van der Waals surface area contributed by atoms with Crippen LogP contribution in [0.5, 0.6) is 0 Å². The Morgan fingerprint density at radius 2 is 1.53 bits per heavy atom. The summed E-state index contributed by atoms with van der Waals surface area (Å²) in [6.07, 6.45) is 0.895. The minimum Gasteiger partial charge on any atom is -0.466 e. The number of amides is 2. The Morgan fingerprint density at radius 3 is 2.27 bits per heavy atom. The maximum Gasteiger partial charge on any atom is 0.419 e. The number of aryl methyl sites for hydroxylation is 1. The van der Waals surface area contributed by atoms with E-state index in [1.54, 1.807) is 42.5 Å². The van der Waals surface area contributed by atoms with E-state index in [1.807, 2.05) is 6.07 Å². The van der Waals surface area contributed by atoms with Crippen LogP contribution in [0.4, 0.5) is 0 Å². The fourth-order valence-electron chi connectivity index (χ4n) is 3.53. The molecule has 4 rings (SSSR count). The summed E-state index contributed by atoms with van der Waals surface area (Å²) in [6, 6.07) is 13.8. The second-order valence-corrected chi connectivity index (χ2v) is 6.97. The molecule has 8 nitrogen and oxygen atoms in total. The van der Waals surface area contributed by atoms with Crippen molar-refractivity contribution in [3.63, 3.8) is 0 Å². The van der Waals surface area contributed by atoms with Gasteiger partial charge in [-0.25, -0.2) is 4.79 Å². The molecular weight excluding hydrogens is 388 g/mol. The molecule has 2 amide bonds. The van der Waals surface area contributed by atoms with Gasteiger partial charge >= 0.3 is 11.7 Å². The number of oxazole rings is 1. The molecule has 0 atom stereocenters. The van der Waals surface area contributed by atoms with Gasteiger partial charge in [0.25, 0.3) is 11.8 Å². The second kappa shape index (κ2) is 8.36. The van der Waals surface area contributed by atoms with Gasteiger partial charge in [-0.1, -0.05) is 24.3 Å². The molecule has 2 heterocycles. The molecule has 0 fully saturated rings. The van der Waals surface area contributed by atoms with Gasteiger partial charge in [0.05, 0.1) is 23.3 Å². The van der Waals surface area contributed by atoms with Gasteiger partial charge in [-0.2, -0.15) is 0 Å². The van der Waals surface area contributed by atoms with Crippen LogP contribution in [0.15, 0.2) is 57.7 Å². The third-order valence-electron chi connectivity index (χ3n) is 5.00. The van der Waals surface area contributed by atoms with E-state index in [9.17, 15) is 19.2 Å². The number of benzene rings is 2. The summed E-state index contributed by atoms with van der Waals surface area (Å²) in [6.45, 7) is 0.702. The van der Waals surface area contributed by atoms with E-state index in [0.29, 0.717) is 41.6 Å². The number of rotatable bonds is 8. The van der Waals surface area contributed by atoms with Gasteiger partial charge in [0.1, 0.15) is 0 Å². The highest BCUT2D eigenvalue weighted by Gasteiger charge is 2.34. The van der Waals surface area contributed by atoms with Crippen LogP contribution in [0.2, 0.25) is 0 Å². The Kier molecular flexibility index (Phi) is 5.47. The number of carbonyl (C=O) groups is 3. The third-order valence-corrected chi connectivity index (χ3v) is 5.00. The number of hydrogen-bond donors (Lipinski definition) is 0. The van der Waals surface area contributed by atoms with E-state index in [0.717, 1.165) is 4.90 Å². The van der Waals surface area contributed by atoms with Gasteiger partial charge in [0, 0.05) is 19.5 Å². The normalized spacial score (nSPS) is 13.1. The highest BCUT2D eigenvalue weighted by Crippen LogP contribution is 2.22. The second-order valence-electron chi connectivity index (χ2n) is 6.97. The van der Waals surface area contributed by atoms with Gasteiger partial charge in [-0.15, -0.1) is 0 Å². The van der Waals surface area contributed by atoms with Crippen LogP contribution < -0.4 is 5.76 Å². The molecular formula is C22H20N2O6. The zero-order valence-corrected chi connectivity index (χ0v) is 16.2. The molecule has 0 spiro atoms. The van der Waals surface area contributed by atoms with Crippen LogP contribution in [-0.4, -0.2) is 40.4 Å². The maximum atomic E-state index is 12.3. The largest absolute Gasteiger partial charge is 0.466 e. The average Bonchev–Trinajstić information content (AvgIpc) is 3.20. The summed E-state index contributed by atoms with van der Waals surface area (Å²) < 4.78 is 11.9. The molecule has 1 aromatic heterocycles. The smallest absolute Gasteiger partial charge is 0.419 e. The molecule has 30 heavy (non-hydrogen) atoms. The quantitative estimate of drug-likeness (QED) is 0.323. The summed E-state index contributed by atoms with van der Waals surface area (Å²) >= 11 is 0. The molecule has 0 saturated heterocycles. The lowest BCUT2D eigenvalue weighted by molar-refractivity contribution is -0.144. The lowest BCUT2D eigenvalue weighted by Crippen LogP contribution is -2.31. The Bertz CT molecular complexity index is 1140. The average molecular weight is 408 g/mol.